The van der Waals surface area contributed by atoms with E-state index in [0.29, 0.717) is 38.3 Å². The van der Waals surface area contributed by atoms with Crippen molar-refractivity contribution >= 4 is 11.7 Å². The zero-order valence-electron chi connectivity index (χ0n) is 12.8. The van der Waals surface area contributed by atoms with Gasteiger partial charge in [0.25, 0.3) is 0 Å². The van der Waals surface area contributed by atoms with Crippen LogP contribution in [0.1, 0.15) is 18.9 Å². The third-order valence-electron chi connectivity index (χ3n) is 4.44. The minimum Gasteiger partial charge on any atom is -0.461 e. The molecule has 2 atom stereocenters. The number of hydrogen-bond donors (Lipinski definition) is 0. The van der Waals surface area contributed by atoms with Gasteiger partial charge in [-0.2, -0.15) is 13.2 Å². The van der Waals surface area contributed by atoms with Crippen molar-refractivity contribution in [3.8, 4) is 0 Å². The topological polar surface area (TPSA) is 32.8 Å². The largest absolute Gasteiger partial charge is 0.461 e. The fourth-order valence-corrected chi connectivity index (χ4v) is 3.20. The molecule has 2 fully saturated rings. The van der Waals surface area contributed by atoms with E-state index in [2.05, 4.69) is 4.90 Å². The first-order valence-corrected chi connectivity index (χ1v) is 7.71. The lowest BCUT2D eigenvalue weighted by molar-refractivity contribution is -0.145. The van der Waals surface area contributed by atoms with E-state index < -0.39 is 11.7 Å². The molecule has 2 saturated heterocycles. The number of esters is 1. The molecule has 126 valence electrons. The number of halogens is 3. The van der Waals surface area contributed by atoms with Crippen molar-refractivity contribution in [2.45, 2.75) is 31.7 Å². The fourth-order valence-electron chi connectivity index (χ4n) is 3.20. The van der Waals surface area contributed by atoms with E-state index in [9.17, 15) is 18.0 Å². The number of hydrogen-bond acceptors (Lipinski definition) is 4. The molecule has 0 aromatic heterocycles. The van der Waals surface area contributed by atoms with Gasteiger partial charge in [0.2, 0.25) is 0 Å². The summed E-state index contributed by atoms with van der Waals surface area (Å²) in [7, 11) is 0. The Balaban J connectivity index is 1.64. The molecule has 1 aromatic carbocycles. The lowest BCUT2D eigenvalue weighted by Gasteiger charge is -2.38. The Hall–Kier alpha value is -1.76. The molecular formula is C16H19F3N2O2. The molecule has 0 amide bonds. The second kappa shape index (κ2) is 6.03. The molecule has 3 rings (SSSR count). The second-order valence-electron chi connectivity index (χ2n) is 6.07. The monoisotopic (exact) mass is 328 g/mol. The maximum Gasteiger partial charge on any atom is 0.416 e. The number of rotatable bonds is 2. The summed E-state index contributed by atoms with van der Waals surface area (Å²) in [5.74, 6) is -0.190. The molecule has 1 aromatic rings. The number of anilines is 1. The van der Waals surface area contributed by atoms with Crippen LogP contribution in [0, 0.1) is 0 Å². The standard InChI is InChI=1S/C16H19F3N2O2/c1-11-9-14(15(22)23-11)21-7-5-20(6-8-21)13-4-2-3-12(10-13)16(17,18)19/h2-4,10-11,14H,5-9H2,1H3/t11-,14+/m1/s1. The molecule has 2 aliphatic rings. The van der Waals surface area contributed by atoms with Crippen LogP contribution in [0.15, 0.2) is 24.3 Å². The first-order valence-electron chi connectivity index (χ1n) is 7.71. The molecule has 4 nitrogen and oxygen atoms in total. The van der Waals surface area contributed by atoms with Crippen molar-refractivity contribution in [1.29, 1.82) is 0 Å². The quantitative estimate of drug-likeness (QED) is 0.781. The highest BCUT2D eigenvalue weighted by atomic mass is 19.4. The first-order chi connectivity index (χ1) is 10.8. The molecule has 2 aliphatic heterocycles. The van der Waals surface area contributed by atoms with Crippen LogP contribution in [0.25, 0.3) is 0 Å². The Bertz CT molecular complexity index is 583. The van der Waals surface area contributed by atoms with Gasteiger partial charge in [-0.15, -0.1) is 0 Å². The minimum absolute atomic E-state index is 0.0611. The van der Waals surface area contributed by atoms with Gasteiger partial charge in [0.15, 0.2) is 0 Å². The summed E-state index contributed by atoms with van der Waals surface area (Å²) in [5.41, 5.74) is -0.0625. The predicted octanol–water partition coefficient (Wildman–Crippen LogP) is 2.53. The average molecular weight is 328 g/mol. The van der Waals surface area contributed by atoms with Gasteiger partial charge in [-0.3, -0.25) is 9.69 Å². The second-order valence-corrected chi connectivity index (χ2v) is 6.07. The van der Waals surface area contributed by atoms with Crippen LogP contribution in [-0.4, -0.2) is 49.2 Å². The van der Waals surface area contributed by atoms with E-state index in [0.717, 1.165) is 6.07 Å². The van der Waals surface area contributed by atoms with E-state index >= 15 is 0 Å². The number of piperazine rings is 1. The number of benzene rings is 1. The zero-order valence-corrected chi connectivity index (χ0v) is 12.8. The molecule has 0 aliphatic carbocycles. The normalized spacial score (nSPS) is 26.4. The van der Waals surface area contributed by atoms with Gasteiger partial charge in [-0.25, -0.2) is 0 Å². The van der Waals surface area contributed by atoms with Crippen LogP contribution in [0.4, 0.5) is 18.9 Å². The lowest BCUT2D eigenvalue weighted by Crippen LogP contribution is -2.51. The third kappa shape index (κ3) is 3.44. The Morgan fingerprint density at radius 3 is 2.43 bits per heavy atom. The average Bonchev–Trinajstić information content (AvgIpc) is 2.85. The molecule has 0 unspecified atom stereocenters. The van der Waals surface area contributed by atoms with Gasteiger partial charge < -0.3 is 9.64 Å². The summed E-state index contributed by atoms with van der Waals surface area (Å²) in [4.78, 5) is 15.8. The van der Waals surface area contributed by atoms with E-state index in [-0.39, 0.29) is 18.1 Å². The highest BCUT2D eigenvalue weighted by Crippen LogP contribution is 2.32. The van der Waals surface area contributed by atoms with E-state index in [4.69, 9.17) is 4.74 Å². The van der Waals surface area contributed by atoms with Crippen molar-refractivity contribution < 1.29 is 22.7 Å². The molecule has 0 N–H and O–H groups in total. The maximum absolute atomic E-state index is 12.8. The molecule has 7 heteroatoms. The molecule has 0 bridgehead atoms. The van der Waals surface area contributed by atoms with Gasteiger partial charge in [0.05, 0.1) is 5.56 Å². The molecule has 2 heterocycles. The summed E-state index contributed by atoms with van der Waals surface area (Å²) < 4.78 is 43.6. The van der Waals surface area contributed by atoms with Gasteiger partial charge in [0, 0.05) is 38.3 Å². The van der Waals surface area contributed by atoms with Crippen molar-refractivity contribution in [2.24, 2.45) is 0 Å². The first kappa shape index (κ1) is 16.1. The Morgan fingerprint density at radius 2 is 1.87 bits per heavy atom. The Kier molecular flexibility index (Phi) is 4.23. The summed E-state index contributed by atoms with van der Waals surface area (Å²) >= 11 is 0. The van der Waals surface area contributed by atoms with Crippen LogP contribution in [0.5, 0.6) is 0 Å². The van der Waals surface area contributed by atoms with Crippen LogP contribution in [0.3, 0.4) is 0 Å². The number of nitrogens with zero attached hydrogens (tertiary/aromatic N) is 2. The number of carbonyl (C=O) groups is 1. The molecule has 23 heavy (non-hydrogen) atoms. The minimum atomic E-state index is -4.33. The van der Waals surface area contributed by atoms with Crippen molar-refractivity contribution in [2.75, 3.05) is 31.1 Å². The summed E-state index contributed by atoms with van der Waals surface area (Å²) in [6, 6.07) is 5.17. The van der Waals surface area contributed by atoms with Crippen LogP contribution < -0.4 is 4.90 Å². The fraction of sp³-hybridized carbons (Fsp3) is 0.562. The summed E-state index contributed by atoms with van der Waals surface area (Å²) in [6.45, 7) is 4.35. The summed E-state index contributed by atoms with van der Waals surface area (Å²) in [5, 5.41) is 0. The van der Waals surface area contributed by atoms with Gasteiger partial charge >= 0.3 is 12.1 Å². The summed E-state index contributed by atoms with van der Waals surface area (Å²) in [6.07, 6.45) is -3.71. The van der Waals surface area contributed by atoms with E-state index in [1.54, 1.807) is 6.07 Å². The van der Waals surface area contributed by atoms with Crippen LogP contribution >= 0.6 is 0 Å². The number of ether oxygens (including phenoxy) is 1. The Labute approximate surface area is 132 Å². The lowest BCUT2D eigenvalue weighted by atomic mass is 10.1. The van der Waals surface area contributed by atoms with Crippen molar-refractivity contribution in [1.82, 2.24) is 4.90 Å². The number of carbonyl (C=O) groups excluding carboxylic acids is 1. The molecule has 0 saturated carbocycles. The van der Waals surface area contributed by atoms with Crippen molar-refractivity contribution in [3.63, 3.8) is 0 Å². The van der Waals surface area contributed by atoms with Crippen molar-refractivity contribution in [3.05, 3.63) is 29.8 Å². The molecule has 0 radical (unpaired) electrons. The van der Waals surface area contributed by atoms with Gasteiger partial charge in [-0.1, -0.05) is 6.07 Å². The Morgan fingerprint density at radius 1 is 1.17 bits per heavy atom. The smallest absolute Gasteiger partial charge is 0.416 e. The van der Waals surface area contributed by atoms with Gasteiger partial charge in [0.1, 0.15) is 12.1 Å². The SMILES string of the molecule is C[C@@H]1C[C@H](N2CCN(c3cccc(C(F)(F)F)c3)CC2)C(=O)O1. The molecule has 0 spiro atoms. The van der Waals surface area contributed by atoms with Crippen LogP contribution in [0.2, 0.25) is 0 Å². The highest BCUT2D eigenvalue weighted by Gasteiger charge is 2.38. The van der Waals surface area contributed by atoms with E-state index in [1.165, 1.54) is 12.1 Å². The van der Waals surface area contributed by atoms with Gasteiger partial charge in [-0.05, 0) is 25.1 Å². The maximum atomic E-state index is 12.8. The van der Waals surface area contributed by atoms with E-state index in [1.807, 2.05) is 11.8 Å². The highest BCUT2D eigenvalue weighted by molar-refractivity contribution is 5.78. The molecular weight excluding hydrogens is 309 g/mol. The number of cyclic esters (lactones) is 1. The third-order valence-corrected chi connectivity index (χ3v) is 4.44. The number of alkyl halides is 3. The zero-order chi connectivity index (χ0) is 16.6. The van der Waals surface area contributed by atoms with Crippen LogP contribution in [-0.2, 0) is 15.7 Å². The predicted molar refractivity (Wildman–Crippen MR) is 79.2 cm³/mol.